The minimum atomic E-state index is -0.648. The Bertz CT molecular complexity index is 1180. The van der Waals surface area contributed by atoms with Gasteiger partial charge in [-0.15, -0.1) is 0 Å². The first-order valence-corrected chi connectivity index (χ1v) is 8.93. The molecule has 29 heavy (non-hydrogen) atoms. The van der Waals surface area contributed by atoms with E-state index in [0.29, 0.717) is 10.9 Å². The topological polar surface area (TPSA) is 93.1 Å². The molecule has 0 atom stereocenters. The van der Waals surface area contributed by atoms with E-state index in [1.807, 2.05) is 20.8 Å². The lowest BCUT2D eigenvalue weighted by atomic mass is 10.1. The number of nitrogens with one attached hydrogen (secondary N) is 2. The van der Waals surface area contributed by atoms with Crippen LogP contribution in [-0.4, -0.2) is 26.9 Å². The molecule has 0 fully saturated rings. The fourth-order valence-electron chi connectivity index (χ4n) is 2.76. The van der Waals surface area contributed by atoms with Crippen LogP contribution in [0.2, 0.25) is 0 Å². The molecule has 0 aliphatic rings. The molecule has 3 rings (SSSR count). The Morgan fingerprint density at radius 1 is 1.03 bits per heavy atom. The second-order valence-electron chi connectivity index (χ2n) is 7.78. The summed E-state index contributed by atoms with van der Waals surface area (Å²) in [5, 5.41) is 5.71. The Morgan fingerprint density at radius 2 is 1.76 bits per heavy atom. The fourth-order valence-corrected chi connectivity index (χ4v) is 2.76. The van der Waals surface area contributed by atoms with Crippen molar-refractivity contribution >= 4 is 28.4 Å². The molecule has 150 valence electrons. The number of halogens is 1. The molecular formula is C21H21FN4O3. The van der Waals surface area contributed by atoms with Crippen molar-refractivity contribution in [2.75, 3.05) is 5.32 Å². The van der Waals surface area contributed by atoms with E-state index in [1.54, 1.807) is 7.05 Å². The number of hydrogen-bond donors (Lipinski definition) is 2. The van der Waals surface area contributed by atoms with Crippen LogP contribution in [0.3, 0.4) is 0 Å². The molecule has 0 unspecified atom stereocenters. The summed E-state index contributed by atoms with van der Waals surface area (Å²) in [6.45, 7) is 5.44. The smallest absolute Gasteiger partial charge is 0.260 e. The van der Waals surface area contributed by atoms with Gasteiger partial charge in [0.25, 0.3) is 17.4 Å². The van der Waals surface area contributed by atoms with Gasteiger partial charge in [-0.3, -0.25) is 14.4 Å². The number of rotatable bonds is 3. The van der Waals surface area contributed by atoms with Crippen LogP contribution in [0.4, 0.5) is 10.1 Å². The monoisotopic (exact) mass is 396 g/mol. The first kappa shape index (κ1) is 20.2. The van der Waals surface area contributed by atoms with E-state index in [2.05, 4.69) is 15.6 Å². The Morgan fingerprint density at radius 3 is 2.45 bits per heavy atom. The van der Waals surface area contributed by atoms with Crippen molar-refractivity contribution in [1.82, 2.24) is 14.9 Å². The summed E-state index contributed by atoms with van der Waals surface area (Å²) in [6.07, 6.45) is 1.37. The Balaban J connectivity index is 1.87. The number of fused-ring (bicyclic) bond motifs is 1. The number of amides is 2. The third-order valence-electron chi connectivity index (χ3n) is 4.09. The molecule has 2 amide bonds. The first-order chi connectivity index (χ1) is 13.5. The fraction of sp³-hybridized carbons (Fsp3) is 0.238. The molecule has 0 spiro atoms. The van der Waals surface area contributed by atoms with Crippen molar-refractivity contribution in [3.8, 4) is 0 Å². The van der Waals surface area contributed by atoms with Crippen molar-refractivity contribution in [3.63, 3.8) is 0 Å². The van der Waals surface area contributed by atoms with E-state index in [4.69, 9.17) is 0 Å². The van der Waals surface area contributed by atoms with E-state index in [9.17, 15) is 18.8 Å². The summed E-state index contributed by atoms with van der Waals surface area (Å²) in [5.74, 6) is -1.61. The Hall–Kier alpha value is -3.55. The van der Waals surface area contributed by atoms with Gasteiger partial charge in [0.15, 0.2) is 0 Å². The van der Waals surface area contributed by atoms with Crippen molar-refractivity contribution in [2.45, 2.75) is 26.3 Å². The van der Waals surface area contributed by atoms with Crippen molar-refractivity contribution in [2.24, 2.45) is 7.05 Å². The molecule has 0 aliphatic carbocycles. The van der Waals surface area contributed by atoms with E-state index in [1.165, 1.54) is 35.2 Å². The molecule has 0 radical (unpaired) electrons. The van der Waals surface area contributed by atoms with Gasteiger partial charge in [-0.05, 0) is 57.2 Å². The average Bonchev–Trinajstić information content (AvgIpc) is 2.62. The second-order valence-corrected chi connectivity index (χ2v) is 7.78. The van der Waals surface area contributed by atoms with E-state index in [0.717, 1.165) is 12.1 Å². The standard InChI is InChI=1S/C21H21FN4O3/c1-21(2,3)25-19(28)13-7-14(22)10-15(8-13)24-18(27)12-5-6-16-17(9-12)23-11-26(4)20(16)29/h5-11H,1-4H3,(H,24,27)(H,25,28). The molecule has 8 heteroatoms. The SMILES string of the molecule is Cn1cnc2cc(C(=O)Nc3cc(F)cc(C(=O)NC(C)(C)C)c3)ccc2c1=O. The van der Waals surface area contributed by atoms with E-state index >= 15 is 0 Å². The maximum absolute atomic E-state index is 14.0. The number of carbonyl (C=O) groups excluding carboxylic acids is 2. The highest BCUT2D eigenvalue weighted by Crippen LogP contribution is 2.17. The van der Waals surface area contributed by atoms with Crippen molar-refractivity contribution in [3.05, 3.63) is 70.0 Å². The van der Waals surface area contributed by atoms with Crippen LogP contribution in [0.1, 0.15) is 41.5 Å². The summed E-state index contributed by atoms with van der Waals surface area (Å²) in [5.41, 5.74) is 0.169. The van der Waals surface area contributed by atoms with E-state index in [-0.39, 0.29) is 22.4 Å². The average molecular weight is 396 g/mol. The predicted octanol–water partition coefficient (Wildman–Crippen LogP) is 2.85. The molecule has 2 N–H and O–H groups in total. The van der Waals surface area contributed by atoms with Gasteiger partial charge in [-0.2, -0.15) is 0 Å². The van der Waals surface area contributed by atoms with Gasteiger partial charge in [-0.1, -0.05) is 0 Å². The Kier molecular flexibility index (Phi) is 5.19. The van der Waals surface area contributed by atoms with Crippen LogP contribution in [0.15, 0.2) is 47.5 Å². The van der Waals surface area contributed by atoms with Gasteiger partial charge < -0.3 is 15.2 Å². The third-order valence-corrected chi connectivity index (χ3v) is 4.09. The first-order valence-electron chi connectivity index (χ1n) is 8.93. The second kappa shape index (κ2) is 7.46. The maximum atomic E-state index is 14.0. The minimum absolute atomic E-state index is 0.0962. The lowest BCUT2D eigenvalue weighted by molar-refractivity contribution is 0.0918. The van der Waals surface area contributed by atoms with Crippen LogP contribution < -0.4 is 16.2 Å². The summed E-state index contributed by atoms with van der Waals surface area (Å²) in [6, 6.07) is 8.13. The molecule has 0 saturated heterocycles. The predicted molar refractivity (Wildman–Crippen MR) is 109 cm³/mol. The number of aryl methyl sites for hydroxylation is 1. The van der Waals surface area contributed by atoms with Gasteiger partial charge in [-0.25, -0.2) is 9.37 Å². The Labute approximate surface area is 166 Å². The molecule has 0 aliphatic heterocycles. The van der Waals surface area contributed by atoms with Gasteiger partial charge in [0.2, 0.25) is 0 Å². The molecule has 1 aromatic heterocycles. The molecular weight excluding hydrogens is 375 g/mol. The number of hydrogen-bond acceptors (Lipinski definition) is 4. The number of anilines is 1. The third kappa shape index (κ3) is 4.66. The summed E-state index contributed by atoms with van der Waals surface area (Å²) >= 11 is 0. The van der Waals surface area contributed by atoms with Crippen molar-refractivity contribution in [1.29, 1.82) is 0 Å². The molecule has 1 heterocycles. The number of aromatic nitrogens is 2. The van der Waals surface area contributed by atoms with Crippen LogP contribution in [0, 0.1) is 5.82 Å². The highest BCUT2D eigenvalue weighted by molar-refractivity contribution is 6.06. The zero-order valence-corrected chi connectivity index (χ0v) is 16.5. The summed E-state index contributed by atoms with van der Waals surface area (Å²) in [7, 11) is 1.59. The number of nitrogens with zero attached hydrogens (tertiary/aromatic N) is 2. The molecule has 0 bridgehead atoms. The molecule has 2 aromatic carbocycles. The van der Waals surface area contributed by atoms with Crippen molar-refractivity contribution < 1.29 is 14.0 Å². The maximum Gasteiger partial charge on any atom is 0.260 e. The minimum Gasteiger partial charge on any atom is -0.347 e. The molecule has 3 aromatic rings. The van der Waals surface area contributed by atoms with E-state index < -0.39 is 23.2 Å². The number of benzene rings is 2. The quantitative estimate of drug-likeness (QED) is 0.712. The zero-order valence-electron chi connectivity index (χ0n) is 16.5. The zero-order chi connectivity index (χ0) is 21.3. The van der Waals surface area contributed by atoms with Crippen LogP contribution in [0.5, 0.6) is 0 Å². The van der Waals surface area contributed by atoms with Crippen LogP contribution in [-0.2, 0) is 7.05 Å². The normalized spacial score (nSPS) is 11.3. The van der Waals surface area contributed by atoms with Crippen LogP contribution >= 0.6 is 0 Å². The molecule has 0 saturated carbocycles. The van der Waals surface area contributed by atoms with Gasteiger partial charge in [0.05, 0.1) is 17.2 Å². The number of carbonyl (C=O) groups is 2. The van der Waals surface area contributed by atoms with Gasteiger partial charge in [0, 0.05) is 29.4 Å². The van der Waals surface area contributed by atoms with Gasteiger partial charge in [0.1, 0.15) is 5.82 Å². The summed E-state index contributed by atoms with van der Waals surface area (Å²) in [4.78, 5) is 41.1. The lowest BCUT2D eigenvalue weighted by Crippen LogP contribution is -2.40. The highest BCUT2D eigenvalue weighted by atomic mass is 19.1. The van der Waals surface area contributed by atoms with Crippen LogP contribution in [0.25, 0.3) is 10.9 Å². The largest absolute Gasteiger partial charge is 0.347 e. The molecule has 7 nitrogen and oxygen atoms in total. The van der Waals surface area contributed by atoms with Gasteiger partial charge >= 0.3 is 0 Å². The summed E-state index contributed by atoms with van der Waals surface area (Å²) < 4.78 is 15.3. The lowest BCUT2D eigenvalue weighted by Gasteiger charge is -2.20. The highest BCUT2D eigenvalue weighted by Gasteiger charge is 2.17.